The highest BCUT2D eigenvalue weighted by molar-refractivity contribution is 6.07. The summed E-state index contributed by atoms with van der Waals surface area (Å²) < 4.78 is 0. The number of aryl methyl sites for hydroxylation is 1. The number of carbonyl (C=O) groups excluding carboxylic acids is 2. The van der Waals surface area contributed by atoms with Crippen molar-refractivity contribution in [3.8, 4) is 0 Å². The van der Waals surface area contributed by atoms with E-state index in [1.165, 1.54) is 18.2 Å². The van der Waals surface area contributed by atoms with Crippen molar-refractivity contribution in [1.29, 1.82) is 0 Å². The van der Waals surface area contributed by atoms with Crippen LogP contribution in [0.3, 0.4) is 0 Å². The molecule has 2 aromatic carbocycles. The van der Waals surface area contributed by atoms with Gasteiger partial charge in [-0.25, -0.2) is 0 Å². The Kier molecular flexibility index (Phi) is 5.07. The molecule has 1 aliphatic heterocycles. The van der Waals surface area contributed by atoms with E-state index in [4.69, 9.17) is 5.73 Å². The maximum Gasteiger partial charge on any atom is 0.272 e. The fraction of sp³-hybridized carbons (Fsp3) is 0.263. The first-order chi connectivity index (χ1) is 12.9. The summed E-state index contributed by atoms with van der Waals surface area (Å²) >= 11 is 0. The van der Waals surface area contributed by atoms with E-state index in [-0.39, 0.29) is 5.69 Å². The number of nitrogens with two attached hydrogens (primary N) is 1. The molecular formula is C19H20N4O4. The standard InChI is InChI=1S/C19H20N4O4/c1-12-10-14(5-6-16(12)23(26)27)19(25)21-15-11-13(18(20)24)4-7-17(15)22-8-2-3-9-22/h4-7,10-11H,2-3,8-9H2,1H3,(H2,20,24)(H,21,25). The molecular weight excluding hydrogens is 348 g/mol. The number of anilines is 2. The number of rotatable bonds is 5. The maximum absolute atomic E-state index is 12.7. The summed E-state index contributed by atoms with van der Waals surface area (Å²) in [4.78, 5) is 36.8. The molecule has 0 saturated carbocycles. The highest BCUT2D eigenvalue weighted by Crippen LogP contribution is 2.30. The van der Waals surface area contributed by atoms with Gasteiger partial charge in [0.2, 0.25) is 5.91 Å². The van der Waals surface area contributed by atoms with Gasteiger partial charge in [-0.15, -0.1) is 0 Å². The number of nitrogens with one attached hydrogen (secondary N) is 1. The fourth-order valence-corrected chi connectivity index (χ4v) is 3.22. The van der Waals surface area contributed by atoms with Gasteiger partial charge in [-0.1, -0.05) is 0 Å². The van der Waals surface area contributed by atoms with Crippen molar-refractivity contribution in [1.82, 2.24) is 0 Å². The second-order valence-corrected chi connectivity index (χ2v) is 6.50. The van der Waals surface area contributed by atoms with Gasteiger partial charge in [-0.3, -0.25) is 19.7 Å². The molecule has 27 heavy (non-hydrogen) atoms. The van der Waals surface area contributed by atoms with Crippen molar-refractivity contribution in [3.63, 3.8) is 0 Å². The first-order valence-electron chi connectivity index (χ1n) is 8.62. The Hall–Kier alpha value is -3.42. The number of nitrogens with zero attached hydrogens (tertiary/aromatic N) is 2. The Morgan fingerprint density at radius 2 is 1.78 bits per heavy atom. The molecule has 3 N–H and O–H groups in total. The number of benzene rings is 2. The van der Waals surface area contributed by atoms with Gasteiger partial charge in [0.25, 0.3) is 11.6 Å². The molecule has 0 atom stereocenters. The average molecular weight is 368 g/mol. The van der Waals surface area contributed by atoms with Crippen LogP contribution in [0.1, 0.15) is 39.1 Å². The van der Waals surface area contributed by atoms with E-state index in [1.807, 2.05) is 0 Å². The zero-order valence-electron chi connectivity index (χ0n) is 14.9. The molecule has 2 amide bonds. The van der Waals surface area contributed by atoms with Gasteiger partial charge in [0.15, 0.2) is 0 Å². The van der Waals surface area contributed by atoms with Crippen LogP contribution in [-0.2, 0) is 0 Å². The van der Waals surface area contributed by atoms with Crippen molar-refractivity contribution in [2.75, 3.05) is 23.3 Å². The van der Waals surface area contributed by atoms with Crippen molar-refractivity contribution in [3.05, 3.63) is 63.2 Å². The lowest BCUT2D eigenvalue weighted by atomic mass is 10.1. The highest BCUT2D eigenvalue weighted by atomic mass is 16.6. The summed E-state index contributed by atoms with van der Waals surface area (Å²) in [5.74, 6) is -0.986. The summed E-state index contributed by atoms with van der Waals surface area (Å²) in [7, 11) is 0. The number of hydrogen-bond donors (Lipinski definition) is 2. The number of amides is 2. The number of primary amides is 1. The van der Waals surface area contributed by atoms with Crippen LogP contribution >= 0.6 is 0 Å². The summed E-state index contributed by atoms with van der Waals surface area (Å²) in [5, 5.41) is 13.8. The molecule has 3 rings (SSSR count). The Labute approximate surface area is 156 Å². The Morgan fingerprint density at radius 1 is 1.11 bits per heavy atom. The van der Waals surface area contributed by atoms with Crippen molar-refractivity contribution >= 4 is 28.9 Å². The van der Waals surface area contributed by atoms with Gasteiger partial charge in [-0.05, 0) is 50.1 Å². The van der Waals surface area contributed by atoms with E-state index in [2.05, 4.69) is 10.2 Å². The molecule has 0 aromatic heterocycles. The van der Waals surface area contributed by atoms with Gasteiger partial charge in [-0.2, -0.15) is 0 Å². The highest BCUT2D eigenvalue weighted by Gasteiger charge is 2.20. The van der Waals surface area contributed by atoms with Crippen LogP contribution < -0.4 is 16.0 Å². The SMILES string of the molecule is Cc1cc(C(=O)Nc2cc(C(N)=O)ccc2N2CCCC2)ccc1[N+](=O)[O-]. The molecule has 1 heterocycles. The Bertz CT molecular complexity index is 920. The summed E-state index contributed by atoms with van der Waals surface area (Å²) in [6, 6.07) is 9.18. The zero-order valence-corrected chi connectivity index (χ0v) is 14.9. The molecule has 1 fully saturated rings. The third-order valence-corrected chi connectivity index (χ3v) is 4.63. The largest absolute Gasteiger partial charge is 0.370 e. The van der Waals surface area contributed by atoms with Gasteiger partial charge < -0.3 is 16.0 Å². The summed E-state index contributed by atoms with van der Waals surface area (Å²) in [5.41, 5.74) is 7.64. The lowest BCUT2D eigenvalue weighted by molar-refractivity contribution is -0.385. The molecule has 140 valence electrons. The average Bonchev–Trinajstić information content (AvgIpc) is 3.15. The van der Waals surface area contributed by atoms with E-state index in [9.17, 15) is 19.7 Å². The maximum atomic E-state index is 12.7. The fourth-order valence-electron chi connectivity index (χ4n) is 3.22. The molecule has 0 bridgehead atoms. The molecule has 0 radical (unpaired) electrons. The van der Waals surface area contributed by atoms with Crippen molar-refractivity contribution < 1.29 is 14.5 Å². The normalized spacial score (nSPS) is 13.4. The molecule has 1 saturated heterocycles. The van der Waals surface area contributed by atoms with Crippen LogP contribution in [0.2, 0.25) is 0 Å². The van der Waals surface area contributed by atoms with Crippen molar-refractivity contribution in [2.24, 2.45) is 5.73 Å². The van der Waals surface area contributed by atoms with E-state index < -0.39 is 16.7 Å². The third-order valence-electron chi connectivity index (χ3n) is 4.63. The number of nitro groups is 1. The molecule has 8 nitrogen and oxygen atoms in total. The first-order valence-corrected chi connectivity index (χ1v) is 8.62. The van der Waals surface area contributed by atoms with Crippen LogP contribution in [0.15, 0.2) is 36.4 Å². The smallest absolute Gasteiger partial charge is 0.272 e. The van der Waals surface area contributed by atoms with Gasteiger partial charge in [0.05, 0.1) is 16.3 Å². The van der Waals surface area contributed by atoms with E-state index >= 15 is 0 Å². The Balaban J connectivity index is 1.92. The first kappa shape index (κ1) is 18.4. The number of hydrogen-bond acceptors (Lipinski definition) is 5. The predicted octanol–water partition coefficient (Wildman–Crippen LogP) is 2.85. The summed E-state index contributed by atoms with van der Waals surface area (Å²) in [6.45, 7) is 3.32. The topological polar surface area (TPSA) is 119 Å². The van der Waals surface area contributed by atoms with Gasteiger partial charge >= 0.3 is 0 Å². The molecule has 8 heteroatoms. The van der Waals surface area contributed by atoms with E-state index in [1.54, 1.807) is 25.1 Å². The predicted molar refractivity (Wildman–Crippen MR) is 102 cm³/mol. The minimum absolute atomic E-state index is 0.0416. The van der Waals surface area contributed by atoms with Crippen LogP contribution in [-0.4, -0.2) is 29.8 Å². The molecule has 0 spiro atoms. The molecule has 0 aliphatic carbocycles. The Morgan fingerprint density at radius 3 is 2.37 bits per heavy atom. The quantitative estimate of drug-likeness (QED) is 0.621. The summed E-state index contributed by atoms with van der Waals surface area (Å²) in [6.07, 6.45) is 2.12. The van der Waals surface area contributed by atoms with Crippen LogP contribution in [0, 0.1) is 17.0 Å². The monoisotopic (exact) mass is 368 g/mol. The van der Waals surface area contributed by atoms with E-state index in [0.29, 0.717) is 22.4 Å². The number of carbonyl (C=O) groups is 2. The lowest BCUT2D eigenvalue weighted by Crippen LogP contribution is -2.22. The van der Waals surface area contributed by atoms with Crippen molar-refractivity contribution in [2.45, 2.75) is 19.8 Å². The molecule has 2 aromatic rings. The van der Waals surface area contributed by atoms with Gasteiger partial charge in [0, 0.05) is 35.8 Å². The molecule has 1 aliphatic rings. The zero-order chi connectivity index (χ0) is 19.6. The van der Waals surface area contributed by atoms with Gasteiger partial charge in [0.1, 0.15) is 0 Å². The molecule has 0 unspecified atom stereocenters. The minimum Gasteiger partial charge on any atom is -0.370 e. The second kappa shape index (κ2) is 7.45. The number of nitro benzene ring substituents is 1. The van der Waals surface area contributed by atoms with Crippen LogP contribution in [0.5, 0.6) is 0 Å². The van der Waals surface area contributed by atoms with Crippen LogP contribution in [0.4, 0.5) is 17.1 Å². The third kappa shape index (κ3) is 3.89. The lowest BCUT2D eigenvalue weighted by Gasteiger charge is -2.22. The minimum atomic E-state index is -0.579. The van der Waals surface area contributed by atoms with Crippen LogP contribution in [0.25, 0.3) is 0 Å². The second-order valence-electron chi connectivity index (χ2n) is 6.50. The van der Waals surface area contributed by atoms with E-state index in [0.717, 1.165) is 31.6 Å².